The highest BCUT2D eigenvalue weighted by atomic mass is 35.7. The maximum absolute atomic E-state index is 13.3. The average Bonchev–Trinajstić information content (AvgIpc) is 2.40. The number of amides is 1. The zero-order chi connectivity index (χ0) is 14.9. The first-order valence-electron chi connectivity index (χ1n) is 5.68. The number of benzene rings is 1. The molecule has 0 unspecified atom stereocenters. The van der Waals surface area contributed by atoms with E-state index in [0.717, 1.165) is 0 Å². The van der Waals surface area contributed by atoms with Crippen LogP contribution in [0.15, 0.2) is 29.2 Å². The lowest BCUT2D eigenvalue weighted by molar-refractivity contribution is 0.0766. The van der Waals surface area contributed by atoms with Gasteiger partial charge in [-0.25, -0.2) is 17.2 Å². The molecule has 0 aliphatic carbocycles. The number of hydrogen-bond acceptors (Lipinski definition) is 3. The van der Waals surface area contributed by atoms with E-state index in [4.69, 9.17) is 10.7 Å². The van der Waals surface area contributed by atoms with E-state index in [1.807, 2.05) is 6.08 Å². The molecule has 0 atom stereocenters. The van der Waals surface area contributed by atoms with Gasteiger partial charge in [-0.15, -0.1) is 0 Å². The van der Waals surface area contributed by atoms with E-state index >= 15 is 0 Å². The summed E-state index contributed by atoms with van der Waals surface area (Å²) in [5.74, 6) is -3.38. The van der Waals surface area contributed by atoms with Gasteiger partial charge in [0.1, 0.15) is 0 Å². The molecule has 8 heteroatoms. The van der Waals surface area contributed by atoms with Crippen molar-refractivity contribution in [2.45, 2.75) is 11.3 Å². The summed E-state index contributed by atoms with van der Waals surface area (Å²) in [5, 5.41) is 0. The van der Waals surface area contributed by atoms with Crippen molar-refractivity contribution in [1.29, 1.82) is 0 Å². The molecule has 1 amide bonds. The Balaban J connectivity index is 2.52. The molecule has 0 aromatic heterocycles. The second-order valence-electron chi connectivity index (χ2n) is 4.21. The standard InChI is InChI=1S/C12H10ClF2NO3S/c13-20(18,19)11-7-10(15)9(14)6-8(11)12(17)16-4-2-1-3-5-16/h1-2,6-7H,3-5H2. The third-order valence-corrected chi connectivity index (χ3v) is 4.22. The van der Waals surface area contributed by atoms with Gasteiger partial charge in [0.25, 0.3) is 15.0 Å². The molecule has 1 aliphatic heterocycles. The summed E-state index contributed by atoms with van der Waals surface area (Å²) in [7, 11) is 0.813. The Morgan fingerprint density at radius 2 is 1.85 bits per heavy atom. The van der Waals surface area contributed by atoms with Crippen molar-refractivity contribution in [3.05, 3.63) is 41.5 Å². The van der Waals surface area contributed by atoms with E-state index < -0.39 is 37.1 Å². The minimum Gasteiger partial charge on any atom is -0.335 e. The summed E-state index contributed by atoms with van der Waals surface area (Å²) in [6.07, 6.45) is 4.21. The van der Waals surface area contributed by atoms with Gasteiger partial charge in [0.15, 0.2) is 11.6 Å². The summed E-state index contributed by atoms with van der Waals surface area (Å²) >= 11 is 0. The molecule has 1 heterocycles. The predicted molar refractivity (Wildman–Crippen MR) is 69.1 cm³/mol. The molecule has 1 aliphatic rings. The molecule has 0 saturated heterocycles. The Labute approximate surface area is 119 Å². The summed E-state index contributed by atoms with van der Waals surface area (Å²) in [5.41, 5.74) is -0.464. The van der Waals surface area contributed by atoms with E-state index in [2.05, 4.69) is 0 Å². The van der Waals surface area contributed by atoms with Crippen LogP contribution in [0.3, 0.4) is 0 Å². The zero-order valence-corrected chi connectivity index (χ0v) is 11.7. The largest absolute Gasteiger partial charge is 0.335 e. The summed E-state index contributed by atoms with van der Waals surface area (Å²) in [4.78, 5) is 12.8. The molecule has 0 spiro atoms. The highest BCUT2D eigenvalue weighted by Crippen LogP contribution is 2.25. The Hall–Kier alpha value is -1.47. The van der Waals surface area contributed by atoms with Crippen molar-refractivity contribution in [3.63, 3.8) is 0 Å². The number of carbonyl (C=O) groups is 1. The SMILES string of the molecule is O=C(c1cc(F)c(F)cc1S(=O)(=O)Cl)N1CC=CCC1. The first kappa shape index (κ1) is 14.9. The lowest BCUT2D eigenvalue weighted by atomic mass is 10.1. The van der Waals surface area contributed by atoms with E-state index in [9.17, 15) is 22.0 Å². The smallest absolute Gasteiger partial charge is 0.262 e. The van der Waals surface area contributed by atoms with Crippen molar-refractivity contribution in [2.24, 2.45) is 0 Å². The molecule has 0 radical (unpaired) electrons. The normalized spacial score (nSPS) is 15.4. The second kappa shape index (κ2) is 5.49. The molecule has 0 fully saturated rings. The van der Waals surface area contributed by atoms with E-state index in [0.29, 0.717) is 25.1 Å². The predicted octanol–water partition coefficient (Wildman–Crippen LogP) is 2.29. The van der Waals surface area contributed by atoms with E-state index in [1.165, 1.54) is 4.90 Å². The fourth-order valence-corrected chi connectivity index (χ4v) is 2.93. The van der Waals surface area contributed by atoms with Crippen molar-refractivity contribution in [1.82, 2.24) is 4.90 Å². The molecule has 1 aromatic carbocycles. The van der Waals surface area contributed by atoms with Crippen molar-refractivity contribution >= 4 is 25.6 Å². The third-order valence-electron chi connectivity index (χ3n) is 2.86. The molecule has 20 heavy (non-hydrogen) atoms. The van der Waals surface area contributed by atoms with Gasteiger partial charge in [-0.05, 0) is 18.6 Å². The van der Waals surface area contributed by atoms with Crippen molar-refractivity contribution in [2.75, 3.05) is 13.1 Å². The van der Waals surface area contributed by atoms with Gasteiger partial charge in [0.2, 0.25) is 0 Å². The third kappa shape index (κ3) is 2.99. The minimum absolute atomic E-state index is 0.277. The summed E-state index contributed by atoms with van der Waals surface area (Å²) in [6, 6.07) is 0.982. The number of rotatable bonds is 2. The average molecular weight is 322 g/mol. The fraction of sp³-hybridized carbons (Fsp3) is 0.250. The van der Waals surface area contributed by atoms with Crippen LogP contribution in [0, 0.1) is 11.6 Å². The van der Waals surface area contributed by atoms with Gasteiger partial charge in [0.05, 0.1) is 10.5 Å². The first-order chi connectivity index (χ1) is 9.30. The van der Waals surface area contributed by atoms with E-state index in [1.54, 1.807) is 6.08 Å². The molecule has 0 N–H and O–H groups in total. The maximum Gasteiger partial charge on any atom is 0.262 e. The van der Waals surface area contributed by atoms with E-state index in [-0.39, 0.29) is 6.54 Å². The maximum atomic E-state index is 13.3. The highest BCUT2D eigenvalue weighted by molar-refractivity contribution is 8.13. The van der Waals surface area contributed by atoms with Crippen LogP contribution < -0.4 is 0 Å². The molecule has 2 rings (SSSR count). The lowest BCUT2D eigenvalue weighted by Gasteiger charge is -2.24. The van der Waals surface area contributed by atoms with Crippen LogP contribution in [0.1, 0.15) is 16.8 Å². The van der Waals surface area contributed by atoms with Crippen LogP contribution in [0.25, 0.3) is 0 Å². The Morgan fingerprint density at radius 1 is 1.20 bits per heavy atom. The van der Waals surface area contributed by atoms with Gasteiger partial charge >= 0.3 is 0 Å². The van der Waals surface area contributed by atoms with Gasteiger partial charge in [-0.2, -0.15) is 0 Å². The van der Waals surface area contributed by atoms with Crippen LogP contribution in [0.5, 0.6) is 0 Å². The molecular formula is C12H10ClF2NO3S. The Kier molecular flexibility index (Phi) is 4.10. The summed E-state index contributed by atoms with van der Waals surface area (Å²) in [6.45, 7) is 0.649. The zero-order valence-electron chi connectivity index (χ0n) is 10.1. The lowest BCUT2D eigenvalue weighted by Crippen LogP contribution is -2.34. The van der Waals surface area contributed by atoms with Gasteiger partial charge in [-0.1, -0.05) is 12.2 Å². The van der Waals surface area contributed by atoms with Crippen LogP contribution in [0.4, 0.5) is 8.78 Å². The number of carbonyl (C=O) groups excluding carboxylic acids is 1. The van der Waals surface area contributed by atoms with Crippen molar-refractivity contribution < 1.29 is 22.0 Å². The Bertz CT molecular complexity index is 688. The van der Waals surface area contributed by atoms with Gasteiger partial charge < -0.3 is 4.90 Å². The van der Waals surface area contributed by atoms with Gasteiger partial charge in [-0.3, -0.25) is 4.79 Å². The number of nitrogens with zero attached hydrogens (tertiary/aromatic N) is 1. The van der Waals surface area contributed by atoms with Crippen LogP contribution in [-0.2, 0) is 9.05 Å². The number of hydrogen-bond donors (Lipinski definition) is 0. The molecule has 0 bridgehead atoms. The Morgan fingerprint density at radius 3 is 2.40 bits per heavy atom. The molecule has 1 aromatic rings. The minimum atomic E-state index is -4.36. The molecule has 0 saturated carbocycles. The van der Waals surface area contributed by atoms with Crippen LogP contribution in [0.2, 0.25) is 0 Å². The van der Waals surface area contributed by atoms with Crippen LogP contribution in [-0.4, -0.2) is 32.3 Å². The van der Waals surface area contributed by atoms with Gasteiger partial charge in [0, 0.05) is 23.8 Å². The highest BCUT2D eigenvalue weighted by Gasteiger charge is 2.27. The summed E-state index contributed by atoms with van der Waals surface area (Å²) < 4.78 is 49.2. The van der Waals surface area contributed by atoms with Crippen LogP contribution >= 0.6 is 10.7 Å². The molecule has 4 nitrogen and oxygen atoms in total. The monoisotopic (exact) mass is 321 g/mol. The van der Waals surface area contributed by atoms with Crippen molar-refractivity contribution in [3.8, 4) is 0 Å². The second-order valence-corrected chi connectivity index (χ2v) is 6.75. The number of halogens is 3. The molecule has 108 valence electrons. The fourth-order valence-electron chi connectivity index (χ4n) is 1.89. The topological polar surface area (TPSA) is 54.5 Å². The first-order valence-corrected chi connectivity index (χ1v) is 7.99. The molecular weight excluding hydrogens is 312 g/mol. The quantitative estimate of drug-likeness (QED) is 0.620.